The van der Waals surface area contributed by atoms with Gasteiger partial charge in [0, 0.05) is 12.0 Å². The monoisotopic (exact) mass is 563 g/mol. The summed E-state index contributed by atoms with van der Waals surface area (Å²) in [5.41, 5.74) is 1.60. The van der Waals surface area contributed by atoms with Crippen LogP contribution in [0.5, 0.6) is 17.2 Å². The van der Waals surface area contributed by atoms with E-state index in [1.165, 1.54) is 50.7 Å². The van der Waals surface area contributed by atoms with Crippen LogP contribution in [0.2, 0.25) is 0 Å². The van der Waals surface area contributed by atoms with Crippen LogP contribution in [-0.2, 0) is 10.1 Å². The summed E-state index contributed by atoms with van der Waals surface area (Å²) in [6.45, 7) is 4.61. The average Bonchev–Trinajstić information content (AvgIpc) is 2.95. The van der Waals surface area contributed by atoms with Crippen molar-refractivity contribution >= 4 is 10.1 Å². The Morgan fingerprint density at radius 2 is 1.50 bits per heavy atom. The minimum atomic E-state index is -4.86. The lowest BCUT2D eigenvalue weighted by atomic mass is 9.96. The first-order valence-electron chi connectivity index (χ1n) is 14.1. The standard InChI is InChI=1S/C33H40O6S/c1-3-5-6-7-8-9-10-11-12-13-18-31(34)30-17-15-14-16-29(30)26-19-24-32(33(25-26)40(35,36)37)39-28-22-20-27(21-23-28)38-4-2/h14-17,19-25,31,34H,3-12H2,1-2H3,(H,35,36,37)/p-1. The van der Waals surface area contributed by atoms with E-state index in [-0.39, 0.29) is 5.75 Å². The van der Waals surface area contributed by atoms with Gasteiger partial charge in [-0.3, -0.25) is 0 Å². The SMILES string of the molecule is CCCCCCCCCCC#CC(O)c1ccccc1-c1ccc(Oc2ccc(OCC)cc2)c(S(=O)(=O)[O-])c1. The van der Waals surface area contributed by atoms with Gasteiger partial charge in [0.15, 0.2) is 0 Å². The second-order valence-electron chi connectivity index (χ2n) is 9.66. The maximum absolute atomic E-state index is 12.2. The molecule has 0 saturated heterocycles. The summed E-state index contributed by atoms with van der Waals surface area (Å²) in [5.74, 6) is 6.94. The molecular weight excluding hydrogens is 524 g/mol. The molecule has 214 valence electrons. The van der Waals surface area contributed by atoms with Gasteiger partial charge >= 0.3 is 0 Å². The molecule has 7 heteroatoms. The van der Waals surface area contributed by atoms with E-state index in [9.17, 15) is 18.1 Å². The summed E-state index contributed by atoms with van der Waals surface area (Å²) in [6, 6.07) is 18.2. The van der Waals surface area contributed by atoms with Gasteiger partial charge in [-0.05, 0) is 60.9 Å². The normalized spacial score (nSPS) is 11.9. The van der Waals surface area contributed by atoms with Crippen LogP contribution in [0.1, 0.15) is 83.3 Å². The predicted octanol–water partition coefficient (Wildman–Crippen LogP) is 8.02. The van der Waals surface area contributed by atoms with Crippen LogP contribution in [0.3, 0.4) is 0 Å². The Bertz CT molecular complexity index is 1370. The first-order chi connectivity index (χ1) is 19.3. The van der Waals surface area contributed by atoms with E-state index in [0.29, 0.717) is 41.2 Å². The summed E-state index contributed by atoms with van der Waals surface area (Å²) in [7, 11) is -4.86. The Balaban J connectivity index is 1.72. The molecular formula is C33H39O6S-. The topological polar surface area (TPSA) is 95.9 Å². The molecule has 0 bridgehead atoms. The van der Waals surface area contributed by atoms with Crippen molar-refractivity contribution in [3.8, 4) is 40.2 Å². The van der Waals surface area contributed by atoms with Crippen molar-refractivity contribution in [2.45, 2.75) is 82.6 Å². The molecule has 0 aromatic heterocycles. The van der Waals surface area contributed by atoms with Crippen molar-refractivity contribution in [2.24, 2.45) is 0 Å². The second-order valence-corrected chi connectivity index (χ2v) is 11.0. The van der Waals surface area contributed by atoms with E-state index in [4.69, 9.17) is 9.47 Å². The average molecular weight is 564 g/mol. The predicted molar refractivity (Wildman–Crippen MR) is 157 cm³/mol. The van der Waals surface area contributed by atoms with Crippen LogP contribution in [-0.4, -0.2) is 24.7 Å². The van der Waals surface area contributed by atoms with Crippen molar-refractivity contribution < 1.29 is 27.6 Å². The Hall–Kier alpha value is -3.31. The number of unbranched alkanes of at least 4 members (excludes halogenated alkanes) is 8. The molecule has 0 aliphatic rings. The molecule has 0 fully saturated rings. The summed E-state index contributed by atoms with van der Waals surface area (Å²) in [4.78, 5) is -0.482. The first-order valence-corrected chi connectivity index (χ1v) is 15.5. The molecule has 0 spiro atoms. The lowest BCUT2D eigenvalue weighted by molar-refractivity contribution is 0.239. The summed E-state index contributed by atoms with van der Waals surface area (Å²) in [5, 5.41) is 10.8. The summed E-state index contributed by atoms with van der Waals surface area (Å²) >= 11 is 0. The Labute approximate surface area is 239 Å². The lowest BCUT2D eigenvalue weighted by Crippen LogP contribution is -2.03. The van der Waals surface area contributed by atoms with Crippen LogP contribution in [0.4, 0.5) is 0 Å². The highest BCUT2D eigenvalue weighted by Crippen LogP contribution is 2.36. The fourth-order valence-electron chi connectivity index (χ4n) is 4.45. The maximum Gasteiger partial charge on any atom is 0.144 e. The van der Waals surface area contributed by atoms with Crippen molar-refractivity contribution in [3.63, 3.8) is 0 Å². The molecule has 1 unspecified atom stereocenters. The number of aliphatic hydroxyl groups excluding tert-OH is 1. The van der Waals surface area contributed by atoms with E-state index < -0.39 is 21.1 Å². The molecule has 3 aromatic carbocycles. The van der Waals surface area contributed by atoms with Crippen LogP contribution in [0, 0.1) is 11.8 Å². The van der Waals surface area contributed by atoms with E-state index >= 15 is 0 Å². The highest BCUT2D eigenvalue weighted by molar-refractivity contribution is 7.85. The molecule has 1 atom stereocenters. The van der Waals surface area contributed by atoms with Gasteiger partial charge < -0.3 is 19.1 Å². The van der Waals surface area contributed by atoms with Gasteiger partial charge in [-0.25, -0.2) is 8.42 Å². The second kappa shape index (κ2) is 16.1. The highest BCUT2D eigenvalue weighted by atomic mass is 32.2. The first kappa shape index (κ1) is 31.2. The Morgan fingerprint density at radius 1 is 0.850 bits per heavy atom. The Kier molecular flexibility index (Phi) is 12.5. The molecule has 0 heterocycles. The molecule has 0 aliphatic heterocycles. The van der Waals surface area contributed by atoms with E-state index in [1.807, 2.05) is 6.92 Å². The van der Waals surface area contributed by atoms with Crippen molar-refractivity contribution in [2.75, 3.05) is 6.61 Å². The zero-order chi connectivity index (χ0) is 28.8. The molecule has 1 N–H and O–H groups in total. The molecule has 0 aliphatic carbocycles. The molecule has 3 aromatic rings. The van der Waals surface area contributed by atoms with Crippen LogP contribution < -0.4 is 9.47 Å². The number of rotatable bonds is 15. The number of hydrogen-bond donors (Lipinski definition) is 1. The van der Waals surface area contributed by atoms with Gasteiger partial charge in [-0.1, -0.05) is 88.1 Å². The lowest BCUT2D eigenvalue weighted by Gasteiger charge is -2.17. The smallest absolute Gasteiger partial charge is 0.144 e. The molecule has 0 saturated carbocycles. The quantitative estimate of drug-likeness (QED) is 0.114. The molecule has 6 nitrogen and oxygen atoms in total. The van der Waals surface area contributed by atoms with E-state index in [1.54, 1.807) is 54.6 Å². The number of benzene rings is 3. The van der Waals surface area contributed by atoms with Crippen molar-refractivity contribution in [1.29, 1.82) is 0 Å². The van der Waals surface area contributed by atoms with E-state index in [0.717, 1.165) is 12.8 Å². The van der Waals surface area contributed by atoms with Crippen LogP contribution in [0.25, 0.3) is 11.1 Å². The highest BCUT2D eigenvalue weighted by Gasteiger charge is 2.17. The number of ether oxygens (including phenoxy) is 2. The fraction of sp³-hybridized carbons (Fsp3) is 0.394. The molecule has 40 heavy (non-hydrogen) atoms. The third kappa shape index (κ3) is 9.71. The minimum absolute atomic E-state index is 0.0777. The van der Waals surface area contributed by atoms with E-state index in [2.05, 4.69) is 18.8 Å². The Morgan fingerprint density at radius 3 is 2.17 bits per heavy atom. The fourth-order valence-corrected chi connectivity index (χ4v) is 5.07. The third-order valence-corrected chi connectivity index (χ3v) is 7.39. The van der Waals surface area contributed by atoms with Crippen LogP contribution >= 0.6 is 0 Å². The van der Waals surface area contributed by atoms with Crippen molar-refractivity contribution in [3.05, 3.63) is 72.3 Å². The summed E-state index contributed by atoms with van der Waals surface area (Å²) < 4.78 is 47.7. The van der Waals surface area contributed by atoms with Crippen LogP contribution in [0.15, 0.2) is 71.6 Å². The largest absolute Gasteiger partial charge is 0.744 e. The third-order valence-electron chi connectivity index (χ3n) is 6.54. The number of hydrogen-bond acceptors (Lipinski definition) is 6. The number of aliphatic hydroxyl groups is 1. The summed E-state index contributed by atoms with van der Waals surface area (Å²) in [6.07, 6.45) is 9.42. The molecule has 0 amide bonds. The van der Waals surface area contributed by atoms with Gasteiger partial charge in [0.2, 0.25) is 0 Å². The van der Waals surface area contributed by atoms with Gasteiger partial charge in [0.25, 0.3) is 0 Å². The van der Waals surface area contributed by atoms with Gasteiger partial charge in [0.05, 0.1) is 11.5 Å². The van der Waals surface area contributed by atoms with Gasteiger partial charge in [-0.2, -0.15) is 0 Å². The zero-order valence-electron chi connectivity index (χ0n) is 23.4. The van der Waals surface area contributed by atoms with Crippen molar-refractivity contribution in [1.82, 2.24) is 0 Å². The van der Waals surface area contributed by atoms with Gasteiger partial charge in [-0.15, -0.1) is 5.92 Å². The molecule has 3 rings (SSSR count). The van der Waals surface area contributed by atoms with Gasteiger partial charge in [0.1, 0.15) is 33.5 Å². The molecule has 0 radical (unpaired) electrons. The maximum atomic E-state index is 12.2. The minimum Gasteiger partial charge on any atom is -0.744 e. The zero-order valence-corrected chi connectivity index (χ0v) is 24.2.